The van der Waals surface area contributed by atoms with Crippen LogP contribution in [0.15, 0.2) is 59.0 Å². The zero-order valence-corrected chi connectivity index (χ0v) is 14.0. The maximum absolute atomic E-state index is 12.2. The Bertz CT molecular complexity index is 970. The summed E-state index contributed by atoms with van der Waals surface area (Å²) in [6.45, 7) is 3.79. The van der Waals surface area contributed by atoms with Gasteiger partial charge in [-0.05, 0) is 31.6 Å². The maximum atomic E-state index is 12.2. The third kappa shape index (κ3) is 3.77. The minimum Gasteiger partial charge on any atom is -0.451 e. The number of carbonyl (C=O) groups is 2. The second-order valence-electron chi connectivity index (χ2n) is 5.74. The molecule has 0 spiro atoms. The number of para-hydroxylation sites is 1. The Hall–Kier alpha value is -3.34. The first-order valence-electron chi connectivity index (χ1n) is 7.88. The van der Waals surface area contributed by atoms with Gasteiger partial charge >= 0.3 is 5.91 Å². The zero-order valence-electron chi connectivity index (χ0n) is 14.0. The highest BCUT2D eigenvalue weighted by molar-refractivity contribution is 6.00. The predicted molar refractivity (Wildman–Crippen MR) is 96.8 cm³/mol. The Kier molecular flexibility index (Phi) is 4.66. The van der Waals surface area contributed by atoms with Crippen LogP contribution < -0.4 is 10.9 Å². The van der Waals surface area contributed by atoms with Crippen LogP contribution in [0, 0.1) is 13.8 Å². The molecule has 5 nitrogen and oxygen atoms in total. The smallest absolute Gasteiger partial charge is 0.305 e. The summed E-state index contributed by atoms with van der Waals surface area (Å²) in [7, 11) is 0. The number of furan rings is 1. The molecule has 0 aliphatic rings. The standard InChI is InChI=1S/C20H18N2O3/c1-13-6-5-7-15(12-13)10-11-18(23)21-22-20(24)19-14(2)16-8-3-4-9-17(16)25-19/h3-12H,1-2H3,(H,21,23)(H,22,24)/b11-10+. The average Bonchev–Trinajstić information content (AvgIpc) is 2.95. The first kappa shape index (κ1) is 16.5. The number of amides is 2. The molecule has 0 unspecified atom stereocenters. The summed E-state index contributed by atoms with van der Waals surface area (Å²) in [6, 6.07) is 15.1. The lowest BCUT2D eigenvalue weighted by Gasteiger charge is -2.03. The minimum absolute atomic E-state index is 0.184. The molecule has 0 saturated heterocycles. The van der Waals surface area contributed by atoms with Gasteiger partial charge in [-0.2, -0.15) is 0 Å². The molecular weight excluding hydrogens is 316 g/mol. The Balaban J connectivity index is 1.63. The molecule has 25 heavy (non-hydrogen) atoms. The van der Waals surface area contributed by atoms with Gasteiger partial charge in [0.05, 0.1) is 0 Å². The minimum atomic E-state index is -0.494. The van der Waals surface area contributed by atoms with E-state index in [-0.39, 0.29) is 5.76 Å². The molecular formula is C20H18N2O3. The summed E-state index contributed by atoms with van der Waals surface area (Å²) in [4.78, 5) is 24.1. The van der Waals surface area contributed by atoms with Crippen molar-refractivity contribution in [3.63, 3.8) is 0 Å². The van der Waals surface area contributed by atoms with E-state index >= 15 is 0 Å². The molecule has 3 rings (SSSR count). The second-order valence-corrected chi connectivity index (χ2v) is 5.74. The highest BCUT2D eigenvalue weighted by Crippen LogP contribution is 2.24. The average molecular weight is 334 g/mol. The molecule has 2 amide bonds. The van der Waals surface area contributed by atoms with Crippen LogP contribution in [0.5, 0.6) is 0 Å². The van der Waals surface area contributed by atoms with Crippen LogP contribution in [0.4, 0.5) is 0 Å². The summed E-state index contributed by atoms with van der Waals surface area (Å²) in [5, 5.41) is 0.873. The molecule has 2 aromatic carbocycles. The lowest BCUT2D eigenvalue weighted by Crippen LogP contribution is -2.40. The van der Waals surface area contributed by atoms with Crippen molar-refractivity contribution in [2.45, 2.75) is 13.8 Å². The summed E-state index contributed by atoms with van der Waals surface area (Å²) >= 11 is 0. The Morgan fingerprint density at radius 3 is 2.56 bits per heavy atom. The third-order valence-electron chi connectivity index (χ3n) is 3.82. The maximum Gasteiger partial charge on any atom is 0.305 e. The van der Waals surface area contributed by atoms with Crippen molar-refractivity contribution in [1.29, 1.82) is 0 Å². The summed E-state index contributed by atoms with van der Waals surface area (Å²) in [5.74, 6) is -0.737. The van der Waals surface area contributed by atoms with Crippen LogP contribution in [0.1, 0.15) is 27.2 Å². The molecule has 0 aliphatic carbocycles. The van der Waals surface area contributed by atoms with E-state index < -0.39 is 11.8 Å². The Morgan fingerprint density at radius 2 is 1.80 bits per heavy atom. The van der Waals surface area contributed by atoms with E-state index in [4.69, 9.17) is 4.42 Å². The predicted octanol–water partition coefficient (Wildman–Crippen LogP) is 3.52. The summed E-state index contributed by atoms with van der Waals surface area (Å²) in [6.07, 6.45) is 3.04. The normalized spacial score (nSPS) is 11.0. The van der Waals surface area contributed by atoms with Crippen molar-refractivity contribution < 1.29 is 14.0 Å². The van der Waals surface area contributed by atoms with Gasteiger partial charge in [-0.1, -0.05) is 48.0 Å². The number of rotatable bonds is 3. The van der Waals surface area contributed by atoms with E-state index in [2.05, 4.69) is 10.9 Å². The van der Waals surface area contributed by atoms with Gasteiger partial charge in [0, 0.05) is 17.0 Å². The fraction of sp³-hybridized carbons (Fsp3) is 0.100. The van der Waals surface area contributed by atoms with Gasteiger partial charge in [0.15, 0.2) is 5.76 Å². The molecule has 0 fully saturated rings. The van der Waals surface area contributed by atoms with E-state index in [0.29, 0.717) is 5.58 Å². The van der Waals surface area contributed by atoms with Crippen LogP contribution in [0.3, 0.4) is 0 Å². The van der Waals surface area contributed by atoms with Crippen molar-refractivity contribution in [1.82, 2.24) is 10.9 Å². The second kappa shape index (κ2) is 7.05. The van der Waals surface area contributed by atoms with Gasteiger partial charge in [-0.15, -0.1) is 0 Å². The van der Waals surface area contributed by atoms with Crippen LogP contribution in [0.25, 0.3) is 17.0 Å². The number of aryl methyl sites for hydroxylation is 2. The fourth-order valence-corrected chi connectivity index (χ4v) is 2.55. The van der Waals surface area contributed by atoms with Crippen molar-refractivity contribution in [2.75, 3.05) is 0 Å². The molecule has 0 radical (unpaired) electrons. The molecule has 3 aromatic rings. The van der Waals surface area contributed by atoms with Crippen LogP contribution >= 0.6 is 0 Å². The third-order valence-corrected chi connectivity index (χ3v) is 3.82. The largest absolute Gasteiger partial charge is 0.451 e. The molecule has 0 aliphatic heterocycles. The van der Waals surface area contributed by atoms with Crippen LogP contribution in [0.2, 0.25) is 0 Å². The van der Waals surface area contributed by atoms with Crippen molar-refractivity contribution >= 4 is 28.9 Å². The van der Waals surface area contributed by atoms with Crippen molar-refractivity contribution in [3.8, 4) is 0 Å². The molecule has 0 bridgehead atoms. The lowest BCUT2D eigenvalue weighted by atomic mass is 10.1. The van der Waals surface area contributed by atoms with E-state index in [1.165, 1.54) is 6.08 Å². The van der Waals surface area contributed by atoms with E-state index in [0.717, 1.165) is 22.1 Å². The number of nitrogens with one attached hydrogen (secondary N) is 2. The van der Waals surface area contributed by atoms with Gasteiger partial charge in [-0.25, -0.2) is 0 Å². The number of hydrazine groups is 1. The molecule has 0 saturated carbocycles. The Labute approximate surface area is 145 Å². The highest BCUT2D eigenvalue weighted by atomic mass is 16.3. The van der Waals surface area contributed by atoms with Crippen molar-refractivity contribution in [2.24, 2.45) is 0 Å². The van der Waals surface area contributed by atoms with Crippen LogP contribution in [-0.4, -0.2) is 11.8 Å². The number of fused-ring (bicyclic) bond motifs is 1. The highest BCUT2D eigenvalue weighted by Gasteiger charge is 2.17. The van der Waals surface area contributed by atoms with E-state index in [1.807, 2.05) is 49.4 Å². The fourth-order valence-electron chi connectivity index (χ4n) is 2.55. The number of hydrogen-bond acceptors (Lipinski definition) is 3. The molecule has 5 heteroatoms. The molecule has 1 aromatic heterocycles. The summed E-state index contributed by atoms with van der Waals surface area (Å²) < 4.78 is 5.55. The monoisotopic (exact) mass is 334 g/mol. The van der Waals surface area contributed by atoms with Gasteiger partial charge in [0.1, 0.15) is 5.58 Å². The lowest BCUT2D eigenvalue weighted by molar-refractivity contribution is -0.117. The number of carbonyl (C=O) groups excluding carboxylic acids is 2. The first-order valence-corrected chi connectivity index (χ1v) is 7.88. The zero-order chi connectivity index (χ0) is 17.8. The molecule has 0 atom stereocenters. The Morgan fingerprint density at radius 1 is 1.00 bits per heavy atom. The molecule has 1 heterocycles. The number of benzene rings is 2. The number of hydrogen-bond donors (Lipinski definition) is 2. The first-order chi connectivity index (χ1) is 12.0. The SMILES string of the molecule is Cc1cccc(/C=C/C(=O)NNC(=O)c2oc3ccccc3c2C)c1. The molecule has 2 N–H and O–H groups in total. The summed E-state index contributed by atoms with van der Waals surface area (Å²) in [5.41, 5.74) is 8.10. The van der Waals surface area contributed by atoms with Gasteiger partial charge in [-0.3, -0.25) is 20.4 Å². The van der Waals surface area contributed by atoms with Crippen molar-refractivity contribution in [3.05, 3.63) is 77.1 Å². The van der Waals surface area contributed by atoms with Gasteiger partial charge in [0.25, 0.3) is 5.91 Å². The molecule has 126 valence electrons. The van der Waals surface area contributed by atoms with E-state index in [1.54, 1.807) is 19.1 Å². The van der Waals surface area contributed by atoms with Gasteiger partial charge in [0.2, 0.25) is 0 Å². The van der Waals surface area contributed by atoms with Crippen LogP contribution in [-0.2, 0) is 4.79 Å². The van der Waals surface area contributed by atoms with E-state index in [9.17, 15) is 9.59 Å². The topological polar surface area (TPSA) is 71.3 Å². The quantitative estimate of drug-likeness (QED) is 0.568. The van der Waals surface area contributed by atoms with Gasteiger partial charge < -0.3 is 4.42 Å².